The average molecular weight is 242 g/mol. The maximum Gasteiger partial charge on any atom is 0.330 e. The molecule has 0 N–H and O–H groups in total. The van der Waals surface area contributed by atoms with Crippen molar-refractivity contribution < 1.29 is 13.6 Å². The monoisotopic (exact) mass is 242 g/mol. The lowest BCUT2D eigenvalue weighted by molar-refractivity contribution is 0.220. The number of hydrogen-bond donors (Lipinski definition) is 1. The van der Waals surface area contributed by atoms with Crippen molar-refractivity contribution in [3.05, 3.63) is 0 Å². The first-order chi connectivity index (χ1) is 6.54. The van der Waals surface area contributed by atoms with Gasteiger partial charge in [-0.25, -0.2) is 0 Å². The Morgan fingerprint density at radius 3 is 2.00 bits per heavy atom. The second-order valence-corrected chi connectivity index (χ2v) is 8.12. The highest BCUT2D eigenvalue weighted by atomic mass is 32.2. The van der Waals surface area contributed by atoms with Crippen molar-refractivity contribution in [2.24, 2.45) is 0 Å². The molecule has 0 aromatic carbocycles. The van der Waals surface area contributed by atoms with Crippen LogP contribution in [0, 0.1) is 0 Å². The quantitative estimate of drug-likeness (QED) is 0.525. The van der Waals surface area contributed by atoms with E-state index in [1.807, 2.05) is 13.8 Å². The third-order valence-electron chi connectivity index (χ3n) is 1.69. The summed E-state index contributed by atoms with van der Waals surface area (Å²) in [4.78, 5) is 0. The van der Waals surface area contributed by atoms with E-state index >= 15 is 0 Å². The summed E-state index contributed by atoms with van der Waals surface area (Å²) < 4.78 is 22.3. The van der Waals surface area contributed by atoms with Crippen molar-refractivity contribution >= 4 is 18.5 Å². The Kier molecular flexibility index (Phi) is 8.02. The van der Waals surface area contributed by atoms with Crippen LogP contribution in [0.1, 0.15) is 20.3 Å². The average Bonchev–Trinajstić information content (AvgIpc) is 2.03. The van der Waals surface area contributed by atoms with Crippen LogP contribution in [0.3, 0.4) is 0 Å². The molecule has 88 valence electrons. The Labute approximate surface area is 90.4 Å². The summed E-state index contributed by atoms with van der Waals surface area (Å²) in [5.41, 5.74) is 0. The Balaban J connectivity index is 3.90. The summed E-state index contributed by atoms with van der Waals surface area (Å²) >= 11 is 0. The van der Waals surface area contributed by atoms with Crippen LogP contribution in [0.25, 0.3) is 0 Å². The highest BCUT2D eigenvalue weighted by molar-refractivity contribution is 8.15. The zero-order chi connectivity index (χ0) is 11.0. The van der Waals surface area contributed by atoms with Gasteiger partial charge in [0.25, 0.3) is 0 Å². The van der Waals surface area contributed by atoms with Crippen LogP contribution in [0.5, 0.6) is 0 Å². The molecule has 0 aromatic rings. The molecule has 0 aliphatic heterocycles. The van der Waals surface area contributed by atoms with E-state index in [2.05, 4.69) is 12.5 Å². The standard InChI is InChI=1S/C9H23O3PS/c1-5-11-13(10,12-6-2)8-7-9-14(3)4/h14H,5-9H2,1-4H3. The summed E-state index contributed by atoms with van der Waals surface area (Å²) in [5, 5.41) is 0. The minimum Gasteiger partial charge on any atom is -0.309 e. The lowest BCUT2D eigenvalue weighted by Gasteiger charge is -2.17. The van der Waals surface area contributed by atoms with Crippen molar-refractivity contribution in [3.8, 4) is 0 Å². The fourth-order valence-corrected chi connectivity index (χ4v) is 3.85. The minimum atomic E-state index is -2.77. The highest BCUT2D eigenvalue weighted by Gasteiger charge is 2.22. The molecular weight excluding hydrogens is 219 g/mol. The molecule has 0 heterocycles. The smallest absolute Gasteiger partial charge is 0.309 e. The molecule has 0 fully saturated rings. The molecule has 5 heteroatoms. The summed E-state index contributed by atoms with van der Waals surface area (Å²) in [6, 6.07) is 0. The zero-order valence-electron chi connectivity index (χ0n) is 9.65. The van der Waals surface area contributed by atoms with E-state index in [1.54, 1.807) is 0 Å². The molecule has 0 amide bonds. The van der Waals surface area contributed by atoms with Gasteiger partial charge in [0.1, 0.15) is 0 Å². The molecule has 0 rings (SSSR count). The Bertz CT molecular complexity index is 175. The largest absolute Gasteiger partial charge is 0.330 e. The SMILES string of the molecule is CCOP(=O)(CCC[SH](C)C)OCC. The van der Waals surface area contributed by atoms with Crippen molar-refractivity contribution in [2.75, 3.05) is 37.6 Å². The normalized spacial score (nSPS) is 13.0. The number of rotatable bonds is 8. The first-order valence-electron chi connectivity index (χ1n) is 5.07. The molecule has 0 unspecified atom stereocenters. The van der Waals surface area contributed by atoms with Gasteiger partial charge in [0, 0.05) is 0 Å². The summed E-state index contributed by atoms with van der Waals surface area (Å²) in [7, 11) is -2.67. The van der Waals surface area contributed by atoms with Crippen LogP contribution < -0.4 is 0 Å². The number of hydrogen-bond acceptors (Lipinski definition) is 3. The van der Waals surface area contributed by atoms with Crippen LogP contribution in [0.15, 0.2) is 0 Å². The lowest BCUT2D eigenvalue weighted by Crippen LogP contribution is -2.01. The fraction of sp³-hybridized carbons (Fsp3) is 1.00. The molecule has 0 bridgehead atoms. The fourth-order valence-electron chi connectivity index (χ4n) is 1.14. The molecule has 0 aliphatic rings. The van der Waals surface area contributed by atoms with E-state index in [1.165, 1.54) is 0 Å². The third-order valence-corrected chi connectivity index (χ3v) is 5.07. The summed E-state index contributed by atoms with van der Waals surface area (Å²) in [5.74, 6) is 1.14. The van der Waals surface area contributed by atoms with E-state index in [-0.39, 0.29) is 10.9 Å². The van der Waals surface area contributed by atoms with E-state index in [9.17, 15) is 4.57 Å². The van der Waals surface area contributed by atoms with Gasteiger partial charge >= 0.3 is 7.60 Å². The van der Waals surface area contributed by atoms with Crippen LogP contribution in [-0.2, 0) is 13.6 Å². The van der Waals surface area contributed by atoms with Crippen LogP contribution in [0.4, 0.5) is 0 Å². The molecule has 0 aromatic heterocycles. The first kappa shape index (κ1) is 14.5. The minimum absolute atomic E-state index is 0.0957. The molecule has 0 radical (unpaired) electrons. The molecule has 3 nitrogen and oxygen atoms in total. The molecule has 0 atom stereocenters. The van der Waals surface area contributed by atoms with Crippen LogP contribution in [0.2, 0.25) is 0 Å². The molecule has 14 heavy (non-hydrogen) atoms. The van der Waals surface area contributed by atoms with Gasteiger partial charge in [-0.05, 0) is 38.5 Å². The third kappa shape index (κ3) is 6.88. The van der Waals surface area contributed by atoms with Gasteiger partial charge < -0.3 is 9.05 Å². The summed E-state index contributed by atoms with van der Waals surface area (Å²) in [6.45, 7) is 4.62. The first-order valence-corrected chi connectivity index (χ1v) is 9.22. The highest BCUT2D eigenvalue weighted by Crippen LogP contribution is 2.48. The van der Waals surface area contributed by atoms with E-state index in [0.717, 1.165) is 12.2 Å². The second-order valence-electron chi connectivity index (χ2n) is 3.33. The van der Waals surface area contributed by atoms with Gasteiger partial charge in [-0.1, -0.05) is 0 Å². The van der Waals surface area contributed by atoms with E-state index in [4.69, 9.17) is 9.05 Å². The molecule has 0 aliphatic carbocycles. The van der Waals surface area contributed by atoms with Gasteiger partial charge in [-0.15, -0.1) is 0 Å². The maximum atomic E-state index is 12.0. The van der Waals surface area contributed by atoms with Crippen molar-refractivity contribution in [1.82, 2.24) is 0 Å². The van der Waals surface area contributed by atoms with Crippen molar-refractivity contribution in [2.45, 2.75) is 20.3 Å². The lowest BCUT2D eigenvalue weighted by atomic mass is 10.6. The predicted octanol–water partition coefficient (Wildman–Crippen LogP) is 2.90. The molecule has 0 saturated heterocycles. The summed E-state index contributed by atoms with van der Waals surface area (Å²) in [6.07, 6.45) is 5.95. The topological polar surface area (TPSA) is 35.5 Å². The van der Waals surface area contributed by atoms with Gasteiger partial charge in [0.05, 0.1) is 19.4 Å². The Hall–Kier alpha value is 0.500. The van der Waals surface area contributed by atoms with E-state index in [0.29, 0.717) is 19.4 Å². The van der Waals surface area contributed by atoms with E-state index < -0.39 is 7.60 Å². The molecular formula is C9H23O3PS. The van der Waals surface area contributed by atoms with Gasteiger partial charge in [0.15, 0.2) is 0 Å². The van der Waals surface area contributed by atoms with Crippen molar-refractivity contribution in [1.29, 1.82) is 0 Å². The Morgan fingerprint density at radius 2 is 1.64 bits per heavy atom. The van der Waals surface area contributed by atoms with Gasteiger partial charge in [0.2, 0.25) is 0 Å². The maximum absolute atomic E-state index is 12.0. The zero-order valence-corrected chi connectivity index (χ0v) is 11.4. The molecule has 0 saturated carbocycles. The van der Waals surface area contributed by atoms with Crippen molar-refractivity contribution in [3.63, 3.8) is 0 Å². The van der Waals surface area contributed by atoms with Crippen LogP contribution in [-0.4, -0.2) is 37.6 Å². The Morgan fingerprint density at radius 1 is 1.14 bits per heavy atom. The predicted molar refractivity (Wildman–Crippen MR) is 66.0 cm³/mol. The van der Waals surface area contributed by atoms with Gasteiger partial charge in [-0.3, -0.25) is 15.5 Å². The van der Waals surface area contributed by atoms with Gasteiger partial charge in [-0.2, -0.15) is 0 Å². The van der Waals surface area contributed by atoms with Crippen LogP contribution >= 0.6 is 18.5 Å². The number of thiol groups is 1. The second kappa shape index (κ2) is 7.75. The molecule has 0 spiro atoms.